The zero-order valence-electron chi connectivity index (χ0n) is 14.7. The fraction of sp³-hybridized carbons (Fsp3) is 0.529. The molecule has 1 aromatic heterocycles. The highest BCUT2D eigenvalue weighted by Gasteiger charge is 2.27. The van der Waals surface area contributed by atoms with Crippen LogP contribution in [0.5, 0.6) is 0 Å². The van der Waals surface area contributed by atoms with Crippen molar-refractivity contribution in [2.75, 3.05) is 38.7 Å². The molecule has 0 N–H and O–H groups in total. The van der Waals surface area contributed by atoms with Gasteiger partial charge in [-0.05, 0) is 31.0 Å². The molecule has 2 aromatic rings. The second kappa shape index (κ2) is 8.27. The largest absolute Gasteiger partial charge is 0.411 e. The molecular formula is C17H21N3O5S2. The molecule has 0 bridgehead atoms. The molecule has 8 nitrogen and oxygen atoms in total. The molecule has 27 heavy (non-hydrogen) atoms. The van der Waals surface area contributed by atoms with Crippen molar-refractivity contribution in [3.8, 4) is 11.5 Å². The normalized spacial score (nSPS) is 21.6. The maximum absolute atomic E-state index is 12.8. The van der Waals surface area contributed by atoms with Crippen molar-refractivity contribution < 1.29 is 22.3 Å². The number of ether oxygens (including phenoxy) is 2. The van der Waals surface area contributed by atoms with Crippen LogP contribution >= 0.6 is 11.8 Å². The Kier molecular flexibility index (Phi) is 5.79. The van der Waals surface area contributed by atoms with Crippen LogP contribution in [0.25, 0.3) is 11.5 Å². The van der Waals surface area contributed by atoms with Gasteiger partial charge in [0.05, 0.1) is 24.2 Å². The number of aromatic nitrogens is 2. The van der Waals surface area contributed by atoms with Gasteiger partial charge in [0.1, 0.15) is 0 Å². The summed E-state index contributed by atoms with van der Waals surface area (Å²) in [5.41, 5.74) is 0.584. The smallest absolute Gasteiger partial charge is 0.276 e. The number of hydrogen-bond acceptors (Lipinski definition) is 8. The van der Waals surface area contributed by atoms with Gasteiger partial charge in [0.15, 0.2) is 0 Å². The van der Waals surface area contributed by atoms with Gasteiger partial charge >= 0.3 is 0 Å². The van der Waals surface area contributed by atoms with Crippen LogP contribution in [0.4, 0.5) is 0 Å². The summed E-state index contributed by atoms with van der Waals surface area (Å²) in [7, 11) is -3.57. The lowest BCUT2D eigenvalue weighted by Crippen LogP contribution is -2.40. The summed E-state index contributed by atoms with van der Waals surface area (Å²) in [4.78, 5) is 0.216. The van der Waals surface area contributed by atoms with Crippen LogP contribution in [0.15, 0.2) is 38.8 Å². The number of sulfonamides is 1. The molecule has 2 aliphatic heterocycles. The lowest BCUT2D eigenvalue weighted by atomic mass is 10.2. The van der Waals surface area contributed by atoms with E-state index in [1.807, 2.05) is 0 Å². The Morgan fingerprint density at radius 2 is 2.04 bits per heavy atom. The Labute approximate surface area is 162 Å². The molecule has 0 spiro atoms. The molecule has 4 rings (SSSR count). The lowest BCUT2D eigenvalue weighted by molar-refractivity contribution is 0.0730. The minimum absolute atomic E-state index is 0.216. The molecule has 0 unspecified atom stereocenters. The van der Waals surface area contributed by atoms with Crippen LogP contribution in [0.3, 0.4) is 0 Å². The van der Waals surface area contributed by atoms with Gasteiger partial charge in [0, 0.05) is 31.0 Å². The molecule has 0 amide bonds. The summed E-state index contributed by atoms with van der Waals surface area (Å²) in [6, 6.07) is 6.61. The van der Waals surface area contributed by atoms with E-state index in [-0.39, 0.29) is 11.0 Å². The van der Waals surface area contributed by atoms with E-state index < -0.39 is 10.0 Å². The summed E-state index contributed by atoms with van der Waals surface area (Å²) in [6.07, 6.45) is 2.37. The monoisotopic (exact) mass is 411 g/mol. The minimum Gasteiger partial charge on any atom is -0.411 e. The molecule has 2 aliphatic rings. The van der Waals surface area contributed by atoms with Gasteiger partial charge in [-0.3, -0.25) is 0 Å². The number of morpholine rings is 1. The third-order valence-electron chi connectivity index (χ3n) is 4.51. The Morgan fingerprint density at radius 1 is 1.19 bits per heavy atom. The first kappa shape index (κ1) is 18.9. The van der Waals surface area contributed by atoms with Crippen molar-refractivity contribution in [2.45, 2.75) is 29.1 Å². The molecule has 0 saturated carbocycles. The van der Waals surface area contributed by atoms with Crippen molar-refractivity contribution >= 4 is 21.8 Å². The molecule has 2 saturated heterocycles. The van der Waals surface area contributed by atoms with Crippen molar-refractivity contribution in [1.29, 1.82) is 0 Å². The first-order chi connectivity index (χ1) is 13.1. The highest BCUT2D eigenvalue weighted by Crippen LogP contribution is 2.28. The summed E-state index contributed by atoms with van der Waals surface area (Å²) in [5.74, 6) is 1.08. The topological polar surface area (TPSA) is 94.8 Å². The maximum atomic E-state index is 12.8. The molecule has 10 heteroatoms. The molecular weight excluding hydrogens is 390 g/mol. The van der Waals surface area contributed by atoms with E-state index in [9.17, 15) is 8.42 Å². The van der Waals surface area contributed by atoms with Gasteiger partial charge in [-0.15, -0.1) is 10.2 Å². The van der Waals surface area contributed by atoms with E-state index >= 15 is 0 Å². The Bertz CT molecular complexity index is 874. The molecule has 2 fully saturated rings. The van der Waals surface area contributed by atoms with Crippen molar-refractivity contribution in [3.63, 3.8) is 0 Å². The van der Waals surface area contributed by atoms with Crippen LogP contribution < -0.4 is 0 Å². The van der Waals surface area contributed by atoms with E-state index in [0.29, 0.717) is 43.0 Å². The Balaban J connectivity index is 1.49. The third kappa shape index (κ3) is 4.35. The highest BCUT2D eigenvalue weighted by atomic mass is 32.2. The fourth-order valence-corrected chi connectivity index (χ4v) is 5.33. The van der Waals surface area contributed by atoms with Crippen LogP contribution in [0.1, 0.15) is 12.8 Å². The second-order valence-corrected chi connectivity index (χ2v) is 9.27. The lowest BCUT2D eigenvalue weighted by Gasteiger charge is -2.26. The van der Waals surface area contributed by atoms with Gasteiger partial charge in [0.2, 0.25) is 15.9 Å². The van der Waals surface area contributed by atoms with Crippen molar-refractivity contribution in [3.05, 3.63) is 24.3 Å². The van der Waals surface area contributed by atoms with Crippen LogP contribution in [0, 0.1) is 0 Å². The van der Waals surface area contributed by atoms with E-state index in [4.69, 9.17) is 13.9 Å². The molecule has 1 aromatic carbocycles. The fourth-order valence-electron chi connectivity index (χ4n) is 3.05. The van der Waals surface area contributed by atoms with Gasteiger partial charge in [0.25, 0.3) is 5.22 Å². The van der Waals surface area contributed by atoms with E-state index in [0.717, 1.165) is 25.2 Å². The van der Waals surface area contributed by atoms with Crippen molar-refractivity contribution in [2.24, 2.45) is 0 Å². The van der Waals surface area contributed by atoms with E-state index in [2.05, 4.69) is 10.2 Å². The first-order valence-electron chi connectivity index (χ1n) is 8.89. The number of thioether (sulfide) groups is 1. The standard InChI is InChI=1S/C17H21N3O5S2/c21-27(22,20-6-9-23-10-7-20)15-5-1-3-13(11-15)16-18-19-17(25-16)26-12-14-4-2-8-24-14/h1,3,5,11,14H,2,4,6-10,12H2/t14-/m0/s1. The summed E-state index contributed by atoms with van der Waals surface area (Å²) in [5, 5.41) is 8.57. The maximum Gasteiger partial charge on any atom is 0.276 e. The number of nitrogens with zero attached hydrogens (tertiary/aromatic N) is 3. The molecule has 0 radical (unpaired) electrons. The quantitative estimate of drug-likeness (QED) is 0.667. The van der Waals surface area contributed by atoms with Gasteiger partial charge in [-0.1, -0.05) is 17.8 Å². The summed E-state index contributed by atoms with van der Waals surface area (Å²) in [6.45, 7) is 2.35. The zero-order valence-corrected chi connectivity index (χ0v) is 16.4. The molecule has 3 heterocycles. The van der Waals surface area contributed by atoms with E-state index in [1.54, 1.807) is 24.3 Å². The van der Waals surface area contributed by atoms with E-state index in [1.165, 1.54) is 16.1 Å². The first-order valence-corrected chi connectivity index (χ1v) is 11.3. The van der Waals surface area contributed by atoms with Gasteiger partial charge < -0.3 is 13.9 Å². The third-order valence-corrected chi connectivity index (χ3v) is 7.36. The zero-order chi connectivity index (χ0) is 18.7. The van der Waals surface area contributed by atoms with Gasteiger partial charge in [-0.2, -0.15) is 4.31 Å². The highest BCUT2D eigenvalue weighted by molar-refractivity contribution is 7.99. The van der Waals surface area contributed by atoms with Crippen LogP contribution in [-0.4, -0.2) is 67.7 Å². The predicted octanol–water partition coefficient (Wildman–Crippen LogP) is 2.03. The number of rotatable bonds is 6. The summed E-state index contributed by atoms with van der Waals surface area (Å²) >= 11 is 1.46. The molecule has 1 atom stereocenters. The van der Waals surface area contributed by atoms with Crippen LogP contribution in [0.2, 0.25) is 0 Å². The van der Waals surface area contributed by atoms with Crippen molar-refractivity contribution in [1.82, 2.24) is 14.5 Å². The predicted molar refractivity (Wildman–Crippen MR) is 99.0 cm³/mol. The van der Waals surface area contributed by atoms with Gasteiger partial charge in [-0.25, -0.2) is 8.42 Å². The summed E-state index contributed by atoms with van der Waals surface area (Å²) < 4.78 is 43.6. The SMILES string of the molecule is O=S(=O)(c1cccc(-c2nnc(SC[C@@H]3CCCO3)o2)c1)N1CCOCC1. The Morgan fingerprint density at radius 3 is 2.81 bits per heavy atom. The average molecular weight is 412 g/mol. The second-order valence-electron chi connectivity index (χ2n) is 6.36. The Hall–Kier alpha value is -1.46. The molecule has 0 aliphatic carbocycles. The molecule has 146 valence electrons. The number of hydrogen-bond donors (Lipinski definition) is 0. The van der Waals surface area contributed by atoms with Crippen LogP contribution in [-0.2, 0) is 19.5 Å². The number of benzene rings is 1. The average Bonchev–Trinajstić information content (AvgIpc) is 3.39. The minimum atomic E-state index is -3.57.